The Balaban J connectivity index is 1.55. The predicted octanol–water partition coefficient (Wildman–Crippen LogP) is 7.56. The lowest BCUT2D eigenvalue weighted by molar-refractivity contribution is 0.300. The Hall–Kier alpha value is -1.63. The third-order valence-corrected chi connectivity index (χ3v) is 6.09. The van der Waals surface area contributed by atoms with Gasteiger partial charge in [-0.2, -0.15) is 0 Å². The van der Waals surface area contributed by atoms with E-state index in [-0.39, 0.29) is 0 Å². The molecule has 1 aromatic carbocycles. The molecule has 1 aliphatic rings. The quantitative estimate of drug-likeness (QED) is 0.448. The number of nitrogens with zero attached hydrogens (tertiary/aromatic N) is 1. The summed E-state index contributed by atoms with van der Waals surface area (Å²) in [5, 5.41) is 0. The number of aryl methyl sites for hydroxylation is 1. The van der Waals surface area contributed by atoms with Crippen LogP contribution in [0.25, 0.3) is 11.1 Å². The van der Waals surface area contributed by atoms with Crippen molar-refractivity contribution in [3.05, 3.63) is 53.9 Å². The van der Waals surface area contributed by atoms with E-state index in [2.05, 4.69) is 56.4 Å². The average Bonchev–Trinajstić information content (AvgIpc) is 2.70. The summed E-state index contributed by atoms with van der Waals surface area (Å²) in [4.78, 5) is 4.84. The number of hydrogen-bond acceptors (Lipinski definition) is 1. The average molecular weight is 350 g/mol. The Morgan fingerprint density at radius 2 is 1.54 bits per heavy atom. The lowest BCUT2D eigenvalue weighted by atomic mass is 9.78. The van der Waals surface area contributed by atoms with Gasteiger partial charge in [-0.1, -0.05) is 76.3 Å². The molecule has 1 heterocycles. The minimum atomic E-state index is 0.679. The summed E-state index contributed by atoms with van der Waals surface area (Å²) in [5.74, 6) is 1.65. The Morgan fingerprint density at radius 1 is 0.808 bits per heavy atom. The minimum absolute atomic E-state index is 0.679. The molecule has 2 aromatic rings. The smallest absolute Gasteiger partial charge is 0.0434 e. The van der Waals surface area contributed by atoms with Gasteiger partial charge < -0.3 is 0 Å². The normalized spacial score (nSPS) is 20.2. The first-order valence-corrected chi connectivity index (χ1v) is 10.9. The van der Waals surface area contributed by atoms with E-state index >= 15 is 0 Å². The Morgan fingerprint density at radius 3 is 2.15 bits per heavy atom. The van der Waals surface area contributed by atoms with Crippen LogP contribution in [0.15, 0.2) is 42.6 Å². The maximum atomic E-state index is 4.84. The highest BCUT2D eigenvalue weighted by atomic mass is 14.7. The molecule has 1 saturated carbocycles. The molecule has 1 aromatic heterocycles. The number of pyridine rings is 1. The van der Waals surface area contributed by atoms with Crippen molar-refractivity contribution in [2.75, 3.05) is 0 Å². The fraction of sp³-hybridized carbons (Fsp3) is 0.560. The third-order valence-electron chi connectivity index (χ3n) is 6.09. The predicted molar refractivity (Wildman–Crippen MR) is 113 cm³/mol. The van der Waals surface area contributed by atoms with Crippen molar-refractivity contribution >= 4 is 0 Å². The molecular weight excluding hydrogens is 314 g/mol. The van der Waals surface area contributed by atoms with E-state index in [1.165, 1.54) is 86.6 Å². The zero-order valence-corrected chi connectivity index (χ0v) is 16.7. The molecule has 0 radical (unpaired) electrons. The molecule has 0 atom stereocenters. The highest BCUT2D eigenvalue weighted by Crippen LogP contribution is 2.37. The van der Waals surface area contributed by atoms with Gasteiger partial charge in [0.25, 0.3) is 0 Å². The molecule has 0 N–H and O–H groups in total. The molecule has 1 fully saturated rings. The topological polar surface area (TPSA) is 12.9 Å². The summed E-state index contributed by atoms with van der Waals surface area (Å²) in [6.07, 6.45) is 15.5. The third kappa shape index (κ3) is 5.19. The van der Waals surface area contributed by atoms with Gasteiger partial charge in [0.15, 0.2) is 0 Å². The molecule has 0 amide bonds. The van der Waals surface area contributed by atoms with Gasteiger partial charge in [0.05, 0.1) is 0 Å². The molecule has 0 unspecified atom stereocenters. The van der Waals surface area contributed by atoms with E-state index in [4.69, 9.17) is 4.98 Å². The van der Waals surface area contributed by atoms with Crippen molar-refractivity contribution in [1.29, 1.82) is 0 Å². The van der Waals surface area contributed by atoms with Crippen LogP contribution in [-0.2, 0) is 6.42 Å². The van der Waals surface area contributed by atoms with Gasteiger partial charge in [-0.05, 0) is 55.2 Å². The Kier molecular flexibility index (Phi) is 7.29. The molecule has 1 heteroatoms. The Labute approximate surface area is 160 Å². The molecule has 26 heavy (non-hydrogen) atoms. The highest BCUT2D eigenvalue weighted by Gasteiger charge is 2.22. The van der Waals surface area contributed by atoms with Crippen LogP contribution in [0.1, 0.15) is 88.8 Å². The van der Waals surface area contributed by atoms with Crippen molar-refractivity contribution in [2.24, 2.45) is 5.92 Å². The van der Waals surface area contributed by atoms with Gasteiger partial charge in [-0.15, -0.1) is 0 Å². The van der Waals surface area contributed by atoms with Gasteiger partial charge in [-0.25, -0.2) is 0 Å². The van der Waals surface area contributed by atoms with E-state index < -0.39 is 0 Å². The lowest BCUT2D eigenvalue weighted by Gasteiger charge is -2.28. The Bertz CT molecular complexity index is 633. The number of unbranched alkanes of at least 4 members (excludes halogenated alkanes) is 2. The van der Waals surface area contributed by atoms with Gasteiger partial charge >= 0.3 is 0 Å². The zero-order valence-electron chi connectivity index (χ0n) is 16.7. The number of hydrogen-bond donors (Lipinski definition) is 0. The molecule has 0 saturated heterocycles. The summed E-state index contributed by atoms with van der Waals surface area (Å²) in [7, 11) is 0. The standard InChI is InChI=1S/C25H35N/c1-3-5-6-8-21-11-15-23(16-12-21)25-18-17-24(19-26-25)22-13-9-20(7-4-2)10-14-22/h9-10,13-14,17-19,21,23H,3-8,11-12,15-16H2,1-2H3/t21-,23-. The minimum Gasteiger partial charge on any atom is -0.260 e. The van der Waals surface area contributed by atoms with Gasteiger partial charge in [0.1, 0.15) is 0 Å². The summed E-state index contributed by atoms with van der Waals surface area (Å²) >= 11 is 0. The summed E-state index contributed by atoms with van der Waals surface area (Å²) in [6.45, 7) is 4.53. The van der Waals surface area contributed by atoms with Crippen molar-refractivity contribution in [3.63, 3.8) is 0 Å². The van der Waals surface area contributed by atoms with Crippen LogP contribution in [0.4, 0.5) is 0 Å². The summed E-state index contributed by atoms with van der Waals surface area (Å²) in [6, 6.07) is 13.5. The van der Waals surface area contributed by atoms with Crippen LogP contribution in [0, 0.1) is 5.92 Å². The number of rotatable bonds is 8. The highest BCUT2D eigenvalue weighted by molar-refractivity contribution is 5.62. The molecule has 0 aliphatic heterocycles. The maximum Gasteiger partial charge on any atom is 0.0434 e. The summed E-state index contributed by atoms with van der Waals surface area (Å²) in [5.41, 5.74) is 5.26. The molecule has 1 nitrogen and oxygen atoms in total. The molecule has 0 spiro atoms. The number of aromatic nitrogens is 1. The first kappa shape index (κ1) is 19.1. The number of benzene rings is 1. The second kappa shape index (κ2) is 9.90. The first-order chi connectivity index (χ1) is 12.8. The van der Waals surface area contributed by atoms with E-state index in [1.807, 2.05) is 0 Å². The zero-order chi connectivity index (χ0) is 18.2. The van der Waals surface area contributed by atoms with E-state index in [1.54, 1.807) is 0 Å². The van der Waals surface area contributed by atoms with Crippen molar-refractivity contribution in [3.8, 4) is 11.1 Å². The molecule has 0 bridgehead atoms. The van der Waals surface area contributed by atoms with Crippen molar-refractivity contribution in [2.45, 2.75) is 84.0 Å². The van der Waals surface area contributed by atoms with Gasteiger partial charge in [-0.3, -0.25) is 4.98 Å². The fourth-order valence-corrected chi connectivity index (χ4v) is 4.40. The molecular formula is C25H35N. The van der Waals surface area contributed by atoms with Crippen molar-refractivity contribution in [1.82, 2.24) is 4.98 Å². The second-order valence-corrected chi connectivity index (χ2v) is 8.13. The summed E-state index contributed by atoms with van der Waals surface area (Å²) < 4.78 is 0. The monoisotopic (exact) mass is 349 g/mol. The van der Waals surface area contributed by atoms with E-state index in [0.717, 1.165) is 5.92 Å². The second-order valence-electron chi connectivity index (χ2n) is 8.13. The van der Waals surface area contributed by atoms with Crippen LogP contribution in [0.3, 0.4) is 0 Å². The van der Waals surface area contributed by atoms with Crippen LogP contribution < -0.4 is 0 Å². The van der Waals surface area contributed by atoms with Crippen LogP contribution >= 0.6 is 0 Å². The lowest BCUT2D eigenvalue weighted by Crippen LogP contribution is -2.14. The molecule has 3 rings (SSSR count). The van der Waals surface area contributed by atoms with Crippen molar-refractivity contribution < 1.29 is 0 Å². The maximum absolute atomic E-state index is 4.84. The van der Waals surface area contributed by atoms with Crippen LogP contribution in [-0.4, -0.2) is 4.98 Å². The van der Waals surface area contributed by atoms with Gasteiger partial charge in [0, 0.05) is 23.4 Å². The first-order valence-electron chi connectivity index (χ1n) is 10.9. The van der Waals surface area contributed by atoms with Gasteiger partial charge in [0.2, 0.25) is 0 Å². The molecule has 1 aliphatic carbocycles. The fourth-order valence-electron chi connectivity index (χ4n) is 4.40. The van der Waals surface area contributed by atoms with E-state index in [0.29, 0.717) is 5.92 Å². The van der Waals surface area contributed by atoms with Crippen LogP contribution in [0.5, 0.6) is 0 Å². The molecule has 140 valence electrons. The van der Waals surface area contributed by atoms with E-state index in [9.17, 15) is 0 Å². The van der Waals surface area contributed by atoms with Crippen LogP contribution in [0.2, 0.25) is 0 Å². The largest absolute Gasteiger partial charge is 0.260 e. The SMILES string of the molecule is CCCCC[C@H]1CC[C@H](c2ccc(-c3ccc(CCC)cc3)cn2)CC1.